The molecular weight excluding hydrogens is 394 g/mol. The molecule has 1 aromatic heterocycles. The van der Waals surface area contributed by atoms with Gasteiger partial charge in [-0.3, -0.25) is 14.4 Å². The van der Waals surface area contributed by atoms with Gasteiger partial charge in [0.1, 0.15) is 0 Å². The van der Waals surface area contributed by atoms with E-state index in [4.69, 9.17) is 11.6 Å². The number of thiophene rings is 1. The van der Waals surface area contributed by atoms with E-state index in [0.717, 1.165) is 30.2 Å². The van der Waals surface area contributed by atoms with Crippen LogP contribution in [0.5, 0.6) is 0 Å². The number of anilines is 1. The standard InChI is InChI=1S/C17H20ClN3O3S2/c1-26(23,24)19-15-5-3-2-4-14(15)17(22)21-10-8-20(9-11-21)12-13-6-7-16(18)25-13/h2-7,19H,8-12H2,1H3. The van der Waals surface area contributed by atoms with E-state index < -0.39 is 10.0 Å². The molecule has 26 heavy (non-hydrogen) atoms. The first-order chi connectivity index (χ1) is 12.3. The van der Waals surface area contributed by atoms with E-state index >= 15 is 0 Å². The minimum Gasteiger partial charge on any atom is -0.336 e. The van der Waals surface area contributed by atoms with Crippen LogP contribution in [0, 0.1) is 0 Å². The lowest BCUT2D eigenvalue weighted by Gasteiger charge is -2.34. The molecule has 3 rings (SSSR count). The Morgan fingerprint density at radius 3 is 2.46 bits per heavy atom. The van der Waals surface area contributed by atoms with Crippen molar-refractivity contribution in [2.24, 2.45) is 0 Å². The molecule has 6 nitrogen and oxygen atoms in total. The molecule has 1 aliphatic heterocycles. The Labute approximate surface area is 162 Å². The average molecular weight is 414 g/mol. The van der Waals surface area contributed by atoms with E-state index in [1.54, 1.807) is 40.5 Å². The minimum absolute atomic E-state index is 0.157. The Morgan fingerprint density at radius 2 is 1.85 bits per heavy atom. The van der Waals surface area contributed by atoms with Crippen LogP contribution < -0.4 is 4.72 Å². The van der Waals surface area contributed by atoms with Crippen LogP contribution in [-0.4, -0.2) is 56.6 Å². The summed E-state index contributed by atoms with van der Waals surface area (Å²) in [5.74, 6) is -0.157. The van der Waals surface area contributed by atoms with E-state index in [0.29, 0.717) is 24.3 Å². The smallest absolute Gasteiger partial charge is 0.256 e. The second-order valence-electron chi connectivity index (χ2n) is 6.19. The van der Waals surface area contributed by atoms with Gasteiger partial charge in [-0.25, -0.2) is 8.42 Å². The molecule has 1 N–H and O–H groups in total. The molecule has 2 heterocycles. The highest BCUT2D eigenvalue weighted by molar-refractivity contribution is 7.92. The highest BCUT2D eigenvalue weighted by atomic mass is 35.5. The molecule has 1 saturated heterocycles. The van der Waals surface area contributed by atoms with E-state index in [-0.39, 0.29) is 5.91 Å². The summed E-state index contributed by atoms with van der Waals surface area (Å²) in [6, 6.07) is 10.6. The predicted octanol–water partition coefficient (Wildman–Crippen LogP) is 2.73. The number of carbonyl (C=O) groups is 1. The number of amides is 1. The summed E-state index contributed by atoms with van der Waals surface area (Å²) in [5, 5.41) is 0. The Morgan fingerprint density at radius 1 is 1.15 bits per heavy atom. The van der Waals surface area contributed by atoms with E-state index in [1.165, 1.54) is 4.88 Å². The molecule has 0 atom stereocenters. The van der Waals surface area contributed by atoms with Gasteiger partial charge in [-0.05, 0) is 24.3 Å². The lowest BCUT2D eigenvalue weighted by Crippen LogP contribution is -2.48. The average Bonchev–Trinajstić information content (AvgIpc) is 2.99. The van der Waals surface area contributed by atoms with Gasteiger partial charge < -0.3 is 4.90 Å². The maximum Gasteiger partial charge on any atom is 0.256 e. The topological polar surface area (TPSA) is 69.7 Å². The van der Waals surface area contributed by atoms with Crippen LogP contribution in [-0.2, 0) is 16.6 Å². The molecule has 1 aliphatic rings. The number of para-hydroxylation sites is 1. The van der Waals surface area contributed by atoms with E-state index in [2.05, 4.69) is 9.62 Å². The van der Waals surface area contributed by atoms with Crippen molar-refractivity contribution in [2.45, 2.75) is 6.54 Å². The van der Waals surface area contributed by atoms with Crippen LogP contribution in [0.1, 0.15) is 15.2 Å². The van der Waals surface area contributed by atoms with Crippen molar-refractivity contribution < 1.29 is 13.2 Å². The van der Waals surface area contributed by atoms with Crippen LogP contribution in [0.25, 0.3) is 0 Å². The molecule has 2 aromatic rings. The molecule has 9 heteroatoms. The van der Waals surface area contributed by atoms with E-state index in [1.807, 2.05) is 12.1 Å². The third kappa shape index (κ3) is 4.97. The first-order valence-electron chi connectivity index (χ1n) is 8.14. The number of nitrogens with one attached hydrogen (secondary N) is 1. The predicted molar refractivity (Wildman–Crippen MR) is 105 cm³/mol. The number of carbonyl (C=O) groups excluding carboxylic acids is 1. The molecule has 140 valence electrons. The van der Waals surface area contributed by atoms with Gasteiger partial charge in [0.2, 0.25) is 10.0 Å². The molecule has 1 amide bonds. The lowest BCUT2D eigenvalue weighted by molar-refractivity contribution is 0.0630. The van der Waals surface area contributed by atoms with Crippen molar-refractivity contribution in [3.63, 3.8) is 0 Å². The molecule has 0 bridgehead atoms. The third-order valence-corrected chi connectivity index (χ3v) is 5.93. The SMILES string of the molecule is CS(=O)(=O)Nc1ccccc1C(=O)N1CCN(Cc2ccc(Cl)s2)CC1. The third-order valence-electron chi connectivity index (χ3n) is 4.12. The van der Waals surface area contributed by atoms with Gasteiger partial charge in [-0.15, -0.1) is 11.3 Å². The van der Waals surface area contributed by atoms with Crippen molar-refractivity contribution in [3.8, 4) is 0 Å². The van der Waals surface area contributed by atoms with Crippen molar-refractivity contribution in [3.05, 3.63) is 51.2 Å². The number of piperazine rings is 1. The number of halogens is 1. The summed E-state index contributed by atoms with van der Waals surface area (Å²) in [6.07, 6.45) is 1.07. The molecule has 0 saturated carbocycles. The zero-order chi connectivity index (χ0) is 18.7. The largest absolute Gasteiger partial charge is 0.336 e. The summed E-state index contributed by atoms with van der Waals surface area (Å²) in [4.78, 5) is 18.1. The quantitative estimate of drug-likeness (QED) is 0.818. The maximum atomic E-state index is 12.8. The number of benzene rings is 1. The summed E-state index contributed by atoms with van der Waals surface area (Å²) >= 11 is 7.54. The maximum absolute atomic E-state index is 12.8. The number of hydrogen-bond donors (Lipinski definition) is 1. The summed E-state index contributed by atoms with van der Waals surface area (Å²) in [7, 11) is -3.44. The Balaban J connectivity index is 1.64. The van der Waals surface area contributed by atoms with Crippen LogP contribution in [0.3, 0.4) is 0 Å². The number of sulfonamides is 1. The lowest BCUT2D eigenvalue weighted by atomic mass is 10.1. The van der Waals surface area contributed by atoms with Crippen LogP contribution in [0.4, 0.5) is 5.69 Å². The van der Waals surface area contributed by atoms with Gasteiger partial charge in [0, 0.05) is 37.6 Å². The minimum atomic E-state index is -3.44. The Kier molecular flexibility index (Phi) is 5.86. The molecule has 0 aliphatic carbocycles. The number of nitrogens with zero attached hydrogens (tertiary/aromatic N) is 2. The zero-order valence-corrected chi connectivity index (χ0v) is 16.7. The molecule has 0 spiro atoms. The highest BCUT2D eigenvalue weighted by Crippen LogP contribution is 2.24. The molecule has 1 aromatic carbocycles. The van der Waals surface area contributed by atoms with E-state index in [9.17, 15) is 13.2 Å². The monoisotopic (exact) mass is 413 g/mol. The normalized spacial score (nSPS) is 15.8. The van der Waals surface area contributed by atoms with Crippen LogP contribution >= 0.6 is 22.9 Å². The fraction of sp³-hybridized carbons (Fsp3) is 0.353. The van der Waals surface area contributed by atoms with Gasteiger partial charge in [-0.2, -0.15) is 0 Å². The summed E-state index contributed by atoms with van der Waals surface area (Å²) in [6.45, 7) is 3.56. The van der Waals surface area contributed by atoms with Gasteiger partial charge >= 0.3 is 0 Å². The first kappa shape index (κ1) is 19.2. The van der Waals surface area contributed by atoms with Crippen molar-refractivity contribution in [1.82, 2.24) is 9.80 Å². The fourth-order valence-electron chi connectivity index (χ4n) is 2.89. The van der Waals surface area contributed by atoms with Crippen molar-refractivity contribution in [2.75, 3.05) is 37.2 Å². The summed E-state index contributed by atoms with van der Waals surface area (Å²) < 4.78 is 26.2. The fourth-order valence-corrected chi connectivity index (χ4v) is 4.60. The van der Waals surface area contributed by atoms with Gasteiger partial charge in [0.05, 0.1) is 21.8 Å². The second kappa shape index (κ2) is 7.96. The highest BCUT2D eigenvalue weighted by Gasteiger charge is 2.24. The Hall–Kier alpha value is -1.61. The van der Waals surface area contributed by atoms with Crippen LogP contribution in [0.15, 0.2) is 36.4 Å². The molecule has 0 radical (unpaired) electrons. The molecule has 0 unspecified atom stereocenters. The van der Waals surface area contributed by atoms with Crippen LogP contribution in [0.2, 0.25) is 4.34 Å². The Bertz CT molecular complexity index is 890. The van der Waals surface area contributed by atoms with Crippen molar-refractivity contribution >= 4 is 44.6 Å². The van der Waals surface area contributed by atoms with Gasteiger partial charge in [-0.1, -0.05) is 23.7 Å². The molecular formula is C17H20ClN3O3S2. The first-order valence-corrected chi connectivity index (χ1v) is 11.2. The zero-order valence-electron chi connectivity index (χ0n) is 14.3. The number of rotatable bonds is 5. The molecule has 1 fully saturated rings. The van der Waals surface area contributed by atoms with Gasteiger partial charge in [0.25, 0.3) is 5.91 Å². The van der Waals surface area contributed by atoms with Gasteiger partial charge in [0.15, 0.2) is 0 Å². The second-order valence-corrected chi connectivity index (χ2v) is 9.74. The summed E-state index contributed by atoms with van der Waals surface area (Å²) in [5.41, 5.74) is 0.687. The van der Waals surface area contributed by atoms with Crippen molar-refractivity contribution in [1.29, 1.82) is 0 Å². The number of hydrogen-bond acceptors (Lipinski definition) is 5.